The summed E-state index contributed by atoms with van der Waals surface area (Å²) in [5.41, 5.74) is 1.54. The van der Waals surface area contributed by atoms with E-state index in [1.165, 1.54) is 12.3 Å². The molecule has 1 aromatic carbocycles. The SMILES string of the molecule is CO.CO.[2H]C([2H])([2H])c1c[c-]c(-c2ccc(C([2H])([2H])C(C)(C)C)cn2)cc1.[Ir]. The predicted molar refractivity (Wildman–Crippen MR) is 92.7 cm³/mol. The van der Waals surface area contributed by atoms with E-state index in [2.05, 4.69) is 11.1 Å². The molecule has 0 unspecified atom stereocenters. The molecule has 3 nitrogen and oxygen atoms in total. The standard InChI is InChI=1S/C17H20N.2CH4O.Ir/c1-13-5-8-15(9-6-13)16-10-7-14(12-18-16)11-17(2,3)4;2*1-2;/h5-8,10,12H,11H2,1-4H3;2*2H,1H3;/q-1;;;/i1D3,11D2;;;. The van der Waals surface area contributed by atoms with Gasteiger partial charge in [-0.15, -0.1) is 35.4 Å². The molecular weight excluding hydrogens is 466 g/mol. The van der Waals surface area contributed by atoms with Gasteiger partial charge in [0.05, 0.1) is 0 Å². The molecule has 1 aromatic heterocycles. The zero-order valence-corrected chi connectivity index (χ0v) is 16.5. The average molecular weight is 500 g/mol. The van der Waals surface area contributed by atoms with Crippen molar-refractivity contribution < 1.29 is 37.2 Å². The van der Waals surface area contributed by atoms with Gasteiger partial charge in [0.25, 0.3) is 0 Å². The van der Waals surface area contributed by atoms with E-state index in [0.29, 0.717) is 16.8 Å². The van der Waals surface area contributed by atoms with Crippen molar-refractivity contribution in [1.29, 1.82) is 0 Å². The molecule has 0 aliphatic carbocycles. The Morgan fingerprint density at radius 3 is 2.17 bits per heavy atom. The van der Waals surface area contributed by atoms with Gasteiger partial charge in [-0.1, -0.05) is 39.8 Å². The molecule has 0 amide bonds. The minimum Gasteiger partial charge on any atom is -0.400 e. The first-order valence-electron chi connectivity index (χ1n) is 9.31. The van der Waals surface area contributed by atoms with Crippen LogP contribution in [0.2, 0.25) is 0 Å². The number of rotatable bonds is 2. The van der Waals surface area contributed by atoms with E-state index in [1.807, 2.05) is 20.8 Å². The molecule has 2 rings (SSSR count). The van der Waals surface area contributed by atoms with Gasteiger partial charge >= 0.3 is 0 Å². The maximum absolute atomic E-state index is 8.25. The van der Waals surface area contributed by atoms with E-state index < -0.39 is 18.6 Å². The zero-order valence-electron chi connectivity index (χ0n) is 19.1. The number of aliphatic hydroxyl groups is 2. The summed E-state index contributed by atoms with van der Waals surface area (Å²) in [4.78, 5) is 4.31. The molecule has 0 bridgehead atoms. The Morgan fingerprint density at radius 1 is 1.13 bits per heavy atom. The van der Waals surface area contributed by atoms with Crippen LogP contribution < -0.4 is 0 Å². The number of hydrogen-bond acceptors (Lipinski definition) is 3. The van der Waals surface area contributed by atoms with Gasteiger partial charge in [-0.25, -0.2) is 0 Å². The second-order valence-electron chi connectivity index (χ2n) is 5.30. The van der Waals surface area contributed by atoms with Crippen LogP contribution in [0.25, 0.3) is 11.3 Å². The fourth-order valence-electron chi connectivity index (χ4n) is 1.64. The van der Waals surface area contributed by atoms with Crippen molar-refractivity contribution in [3.8, 4) is 11.3 Å². The molecule has 1 radical (unpaired) electrons. The Morgan fingerprint density at radius 2 is 1.78 bits per heavy atom. The van der Waals surface area contributed by atoms with E-state index >= 15 is 0 Å². The summed E-state index contributed by atoms with van der Waals surface area (Å²) in [5.74, 6) is 0. The molecule has 1 heterocycles. The van der Waals surface area contributed by atoms with E-state index in [1.54, 1.807) is 24.3 Å². The predicted octanol–water partition coefficient (Wildman–Crippen LogP) is 3.66. The van der Waals surface area contributed by atoms with Crippen molar-refractivity contribution >= 4 is 0 Å². The second kappa shape index (κ2) is 12.4. The molecule has 0 atom stereocenters. The van der Waals surface area contributed by atoms with Gasteiger partial charge in [0.15, 0.2) is 0 Å². The zero-order chi connectivity index (χ0) is 21.5. The number of aromatic nitrogens is 1. The van der Waals surface area contributed by atoms with Crippen LogP contribution in [0, 0.1) is 18.3 Å². The van der Waals surface area contributed by atoms with Crippen LogP contribution >= 0.6 is 0 Å². The van der Waals surface area contributed by atoms with E-state index in [4.69, 9.17) is 17.1 Å². The van der Waals surface area contributed by atoms with Crippen molar-refractivity contribution in [2.45, 2.75) is 34.0 Å². The van der Waals surface area contributed by atoms with Gasteiger partial charge in [0.1, 0.15) is 0 Å². The van der Waals surface area contributed by atoms with Crippen molar-refractivity contribution in [2.24, 2.45) is 5.41 Å². The smallest absolute Gasteiger partial charge is 0.0322 e. The molecule has 0 spiro atoms. The van der Waals surface area contributed by atoms with Crippen molar-refractivity contribution in [2.75, 3.05) is 14.2 Å². The molecule has 2 aromatic rings. The minimum absolute atomic E-state index is 0. The summed E-state index contributed by atoms with van der Waals surface area (Å²) in [6.45, 7) is 3.40. The molecule has 4 heteroatoms. The quantitative estimate of drug-likeness (QED) is 0.620. The maximum Gasteiger partial charge on any atom is 0.0322 e. The first-order valence-corrected chi connectivity index (χ1v) is 6.81. The number of pyridine rings is 1. The summed E-state index contributed by atoms with van der Waals surface area (Å²) in [5, 5.41) is 14.0. The first kappa shape index (κ1) is 15.5. The van der Waals surface area contributed by atoms with Crippen molar-refractivity contribution in [3.63, 3.8) is 0 Å². The van der Waals surface area contributed by atoms with Crippen LogP contribution in [0.1, 0.15) is 38.8 Å². The van der Waals surface area contributed by atoms with Crippen molar-refractivity contribution in [1.82, 2.24) is 4.98 Å². The fourth-order valence-corrected chi connectivity index (χ4v) is 1.64. The van der Waals surface area contributed by atoms with Gasteiger partial charge < -0.3 is 15.2 Å². The van der Waals surface area contributed by atoms with Crippen molar-refractivity contribution in [3.05, 3.63) is 53.7 Å². The summed E-state index contributed by atoms with van der Waals surface area (Å²) >= 11 is 0. The third kappa shape index (κ3) is 9.62. The molecule has 131 valence electrons. The van der Waals surface area contributed by atoms with Crippen LogP contribution in [0.5, 0.6) is 0 Å². The maximum atomic E-state index is 8.25. The van der Waals surface area contributed by atoms with Crippen LogP contribution in [0.15, 0.2) is 36.5 Å². The molecule has 0 aliphatic rings. The van der Waals surface area contributed by atoms with Gasteiger partial charge in [-0.3, -0.25) is 0 Å². The molecule has 0 aliphatic heterocycles. The topological polar surface area (TPSA) is 53.4 Å². The van der Waals surface area contributed by atoms with Gasteiger partial charge in [-0.05, 0) is 23.0 Å². The Hall–Kier alpha value is -1.06. The normalized spacial score (nSPS) is 14.0. The average Bonchev–Trinajstić information content (AvgIpc) is 2.64. The van der Waals surface area contributed by atoms with Crippen LogP contribution in [0.3, 0.4) is 0 Å². The number of benzene rings is 1. The summed E-state index contributed by atoms with van der Waals surface area (Å²) in [6, 6.07) is 11.1. The summed E-state index contributed by atoms with van der Waals surface area (Å²) in [6.07, 6.45) is 0.0411. The largest absolute Gasteiger partial charge is 0.400 e. The molecule has 0 saturated carbocycles. The van der Waals surface area contributed by atoms with E-state index in [9.17, 15) is 0 Å². The van der Waals surface area contributed by atoms with Crippen LogP contribution in [-0.4, -0.2) is 29.4 Å². The fraction of sp³-hybridized carbons (Fsp3) is 0.421. The van der Waals surface area contributed by atoms with Crippen LogP contribution in [0.4, 0.5) is 0 Å². The van der Waals surface area contributed by atoms with Gasteiger partial charge in [0.2, 0.25) is 0 Å². The second-order valence-corrected chi connectivity index (χ2v) is 5.30. The molecule has 0 fully saturated rings. The number of nitrogens with zero attached hydrogens (tertiary/aromatic N) is 1. The van der Waals surface area contributed by atoms with Gasteiger partial charge in [0, 0.05) is 47.4 Å². The van der Waals surface area contributed by atoms with Crippen LogP contribution in [-0.2, 0) is 26.5 Å². The summed E-state index contributed by atoms with van der Waals surface area (Å²) in [7, 11) is 2.00. The summed E-state index contributed by atoms with van der Waals surface area (Å²) < 4.78 is 38.6. The molecular formula is C19H28IrNO2-. The van der Waals surface area contributed by atoms with E-state index in [0.717, 1.165) is 14.2 Å². The number of aliphatic hydroxyl groups excluding tert-OH is 2. The Labute approximate surface area is 161 Å². The molecule has 23 heavy (non-hydrogen) atoms. The number of aryl methyl sites for hydroxylation is 1. The Balaban J connectivity index is 0. The Kier molecular flexibility index (Phi) is 8.32. The van der Waals surface area contributed by atoms with E-state index in [-0.39, 0.29) is 25.7 Å². The first-order chi connectivity index (χ1) is 12.4. The molecule has 2 N–H and O–H groups in total. The molecule has 0 saturated heterocycles. The minimum atomic E-state index is -2.14. The monoisotopic (exact) mass is 500 g/mol. The third-order valence-electron chi connectivity index (χ3n) is 2.37. The van der Waals surface area contributed by atoms with Gasteiger partial charge in [-0.2, -0.15) is 0 Å². The Bertz CT molecular complexity index is 681. The third-order valence-corrected chi connectivity index (χ3v) is 2.37. The number of hydrogen-bond donors (Lipinski definition) is 2.